The lowest BCUT2D eigenvalue weighted by atomic mass is 10.1. The highest BCUT2D eigenvalue weighted by Crippen LogP contribution is 2.24. The lowest BCUT2D eigenvalue weighted by Crippen LogP contribution is -2.28. The SMILES string of the molecule is O=C(NCCCc1nnc2ccccn12)c1ccccc1N1CCCC1. The lowest BCUT2D eigenvalue weighted by Gasteiger charge is -2.20. The van der Waals surface area contributed by atoms with E-state index in [1.165, 1.54) is 12.8 Å². The zero-order valence-corrected chi connectivity index (χ0v) is 14.8. The molecule has 26 heavy (non-hydrogen) atoms. The molecule has 1 amide bonds. The van der Waals surface area contributed by atoms with E-state index in [4.69, 9.17) is 0 Å². The molecule has 1 aliphatic rings. The van der Waals surface area contributed by atoms with Crippen LogP contribution in [0.3, 0.4) is 0 Å². The maximum atomic E-state index is 12.6. The number of nitrogens with zero attached hydrogens (tertiary/aromatic N) is 4. The quantitative estimate of drug-likeness (QED) is 0.695. The number of nitrogens with one attached hydrogen (secondary N) is 1. The van der Waals surface area contributed by atoms with Crippen molar-refractivity contribution in [2.75, 3.05) is 24.5 Å². The van der Waals surface area contributed by atoms with E-state index in [1.807, 2.05) is 53.1 Å². The Bertz CT molecular complexity index is 898. The number of carbonyl (C=O) groups is 1. The number of hydrogen-bond acceptors (Lipinski definition) is 4. The summed E-state index contributed by atoms with van der Waals surface area (Å²) in [6.07, 6.45) is 5.96. The summed E-state index contributed by atoms with van der Waals surface area (Å²) >= 11 is 0. The molecule has 1 saturated heterocycles. The van der Waals surface area contributed by atoms with Crippen LogP contribution >= 0.6 is 0 Å². The first-order chi connectivity index (χ1) is 12.8. The first kappa shape index (κ1) is 16.6. The molecule has 0 atom stereocenters. The van der Waals surface area contributed by atoms with Gasteiger partial charge >= 0.3 is 0 Å². The molecule has 6 heteroatoms. The smallest absolute Gasteiger partial charge is 0.253 e. The largest absolute Gasteiger partial charge is 0.371 e. The monoisotopic (exact) mass is 349 g/mol. The predicted octanol–water partition coefficient (Wildman–Crippen LogP) is 2.69. The number of anilines is 1. The fraction of sp³-hybridized carbons (Fsp3) is 0.350. The van der Waals surface area contributed by atoms with E-state index in [0.29, 0.717) is 6.54 Å². The third-order valence-electron chi connectivity index (χ3n) is 4.84. The molecule has 4 rings (SSSR count). The van der Waals surface area contributed by atoms with Gasteiger partial charge in [0.15, 0.2) is 5.65 Å². The Kier molecular flexibility index (Phi) is 4.82. The summed E-state index contributed by atoms with van der Waals surface area (Å²) in [5.41, 5.74) is 2.67. The van der Waals surface area contributed by atoms with Gasteiger partial charge in [-0.05, 0) is 43.5 Å². The molecule has 0 aliphatic carbocycles. The van der Waals surface area contributed by atoms with Crippen LogP contribution < -0.4 is 10.2 Å². The van der Waals surface area contributed by atoms with Crippen molar-refractivity contribution < 1.29 is 4.79 Å². The third kappa shape index (κ3) is 3.40. The Morgan fingerprint density at radius 1 is 1.04 bits per heavy atom. The average Bonchev–Trinajstić information content (AvgIpc) is 3.35. The number of amides is 1. The molecule has 0 saturated carbocycles. The zero-order chi connectivity index (χ0) is 17.8. The van der Waals surface area contributed by atoms with Crippen LogP contribution in [0.4, 0.5) is 5.69 Å². The van der Waals surface area contributed by atoms with E-state index in [0.717, 1.165) is 48.7 Å². The summed E-state index contributed by atoms with van der Waals surface area (Å²) in [6, 6.07) is 13.7. The predicted molar refractivity (Wildman–Crippen MR) is 102 cm³/mol. The first-order valence-corrected chi connectivity index (χ1v) is 9.24. The lowest BCUT2D eigenvalue weighted by molar-refractivity contribution is 0.0953. The van der Waals surface area contributed by atoms with Gasteiger partial charge in [-0.25, -0.2) is 0 Å². The number of fused-ring (bicyclic) bond motifs is 1. The summed E-state index contributed by atoms with van der Waals surface area (Å²) in [7, 11) is 0. The molecule has 0 radical (unpaired) electrons. The Hall–Kier alpha value is -2.89. The van der Waals surface area contributed by atoms with Crippen LogP contribution in [0.2, 0.25) is 0 Å². The second kappa shape index (κ2) is 7.56. The van der Waals surface area contributed by atoms with E-state index in [-0.39, 0.29) is 5.91 Å². The van der Waals surface area contributed by atoms with Gasteiger partial charge in [-0.3, -0.25) is 9.20 Å². The molecule has 3 aromatic rings. The summed E-state index contributed by atoms with van der Waals surface area (Å²) < 4.78 is 1.99. The highest BCUT2D eigenvalue weighted by atomic mass is 16.1. The molecule has 1 fully saturated rings. The van der Waals surface area contributed by atoms with Crippen molar-refractivity contribution in [1.82, 2.24) is 19.9 Å². The van der Waals surface area contributed by atoms with Crippen molar-refractivity contribution in [3.05, 3.63) is 60.0 Å². The van der Waals surface area contributed by atoms with Gasteiger partial charge in [-0.1, -0.05) is 18.2 Å². The van der Waals surface area contributed by atoms with Gasteiger partial charge in [0.25, 0.3) is 5.91 Å². The van der Waals surface area contributed by atoms with Crippen molar-refractivity contribution in [1.29, 1.82) is 0 Å². The molecule has 2 aromatic heterocycles. The normalized spacial score (nSPS) is 14.1. The maximum Gasteiger partial charge on any atom is 0.253 e. The summed E-state index contributed by atoms with van der Waals surface area (Å²) in [6.45, 7) is 2.68. The average molecular weight is 349 g/mol. The van der Waals surface area contributed by atoms with Crippen LogP contribution in [0.5, 0.6) is 0 Å². The molecular weight excluding hydrogens is 326 g/mol. The van der Waals surface area contributed by atoms with E-state index in [2.05, 4.69) is 20.4 Å². The Labute approximate surface area is 152 Å². The second-order valence-electron chi connectivity index (χ2n) is 6.62. The molecule has 134 valence electrons. The van der Waals surface area contributed by atoms with Gasteiger partial charge in [-0.2, -0.15) is 0 Å². The molecule has 0 bridgehead atoms. The van der Waals surface area contributed by atoms with E-state index < -0.39 is 0 Å². The topological polar surface area (TPSA) is 62.5 Å². The van der Waals surface area contributed by atoms with Crippen LogP contribution in [-0.4, -0.2) is 40.1 Å². The van der Waals surface area contributed by atoms with Crippen LogP contribution in [0.25, 0.3) is 5.65 Å². The summed E-state index contributed by atoms with van der Waals surface area (Å²) in [5.74, 6) is 0.922. The number of benzene rings is 1. The number of para-hydroxylation sites is 1. The molecule has 1 aliphatic heterocycles. The fourth-order valence-electron chi connectivity index (χ4n) is 3.50. The highest BCUT2D eigenvalue weighted by molar-refractivity contribution is 5.99. The Morgan fingerprint density at radius 2 is 1.85 bits per heavy atom. The molecular formula is C20H23N5O. The number of rotatable bonds is 6. The van der Waals surface area contributed by atoms with E-state index in [9.17, 15) is 4.79 Å². The zero-order valence-electron chi connectivity index (χ0n) is 14.8. The van der Waals surface area contributed by atoms with Crippen molar-refractivity contribution in [2.24, 2.45) is 0 Å². The van der Waals surface area contributed by atoms with Crippen molar-refractivity contribution in [2.45, 2.75) is 25.7 Å². The Morgan fingerprint density at radius 3 is 2.73 bits per heavy atom. The van der Waals surface area contributed by atoms with Crippen LogP contribution in [0.15, 0.2) is 48.7 Å². The van der Waals surface area contributed by atoms with Crippen molar-refractivity contribution in [3.8, 4) is 0 Å². The van der Waals surface area contributed by atoms with Crippen LogP contribution in [0.1, 0.15) is 35.4 Å². The van der Waals surface area contributed by atoms with Crippen LogP contribution in [-0.2, 0) is 6.42 Å². The van der Waals surface area contributed by atoms with Gasteiger partial charge < -0.3 is 10.2 Å². The van der Waals surface area contributed by atoms with Gasteiger partial charge in [0, 0.05) is 37.9 Å². The van der Waals surface area contributed by atoms with Crippen molar-refractivity contribution >= 4 is 17.2 Å². The number of pyridine rings is 1. The molecule has 1 aromatic carbocycles. The van der Waals surface area contributed by atoms with E-state index in [1.54, 1.807) is 0 Å². The number of aryl methyl sites for hydroxylation is 1. The second-order valence-corrected chi connectivity index (χ2v) is 6.62. The van der Waals surface area contributed by atoms with Crippen LogP contribution in [0, 0.1) is 0 Å². The van der Waals surface area contributed by atoms with Gasteiger partial charge in [-0.15, -0.1) is 10.2 Å². The number of aromatic nitrogens is 3. The molecule has 6 nitrogen and oxygen atoms in total. The molecule has 3 heterocycles. The van der Waals surface area contributed by atoms with Crippen molar-refractivity contribution in [3.63, 3.8) is 0 Å². The molecule has 0 unspecified atom stereocenters. The molecule has 1 N–H and O–H groups in total. The molecule has 0 spiro atoms. The Balaban J connectivity index is 1.34. The minimum absolute atomic E-state index is 0.00129. The minimum atomic E-state index is -0.00129. The number of carbonyl (C=O) groups excluding carboxylic acids is 1. The first-order valence-electron chi connectivity index (χ1n) is 9.24. The fourth-order valence-corrected chi connectivity index (χ4v) is 3.50. The minimum Gasteiger partial charge on any atom is -0.371 e. The van der Waals surface area contributed by atoms with Gasteiger partial charge in [0.2, 0.25) is 0 Å². The maximum absolute atomic E-state index is 12.6. The van der Waals surface area contributed by atoms with E-state index >= 15 is 0 Å². The number of hydrogen-bond donors (Lipinski definition) is 1. The summed E-state index contributed by atoms with van der Waals surface area (Å²) in [5, 5.41) is 11.4. The third-order valence-corrected chi connectivity index (χ3v) is 4.84. The summed E-state index contributed by atoms with van der Waals surface area (Å²) in [4.78, 5) is 14.9. The van der Waals surface area contributed by atoms with Gasteiger partial charge in [0.1, 0.15) is 5.82 Å². The van der Waals surface area contributed by atoms with Gasteiger partial charge in [0.05, 0.1) is 5.56 Å². The highest BCUT2D eigenvalue weighted by Gasteiger charge is 2.18. The standard InChI is InChI=1S/C20H23N5O/c26-20(16-8-1-2-9-17(16)24-13-5-6-14-24)21-12-7-11-19-23-22-18-10-3-4-15-25(18)19/h1-4,8-10,15H,5-7,11-14H2,(H,21,26).